The topological polar surface area (TPSA) is 55.1 Å². The van der Waals surface area contributed by atoms with E-state index in [4.69, 9.17) is 4.42 Å². The molecule has 0 atom stereocenters. The van der Waals surface area contributed by atoms with Gasteiger partial charge in [-0.1, -0.05) is 59.9 Å². The van der Waals surface area contributed by atoms with E-state index in [2.05, 4.69) is 16.4 Å². The van der Waals surface area contributed by atoms with Gasteiger partial charge in [-0.25, -0.2) is 4.98 Å². The third kappa shape index (κ3) is 2.51. The molecule has 3 aromatic carbocycles. The number of fused-ring (bicyclic) bond motifs is 4. The number of anilines is 1. The van der Waals surface area contributed by atoms with Crippen LogP contribution in [-0.2, 0) is 0 Å². The van der Waals surface area contributed by atoms with Crippen molar-refractivity contribution in [2.45, 2.75) is 13.8 Å². The van der Waals surface area contributed by atoms with Crippen LogP contribution in [0.2, 0.25) is 0 Å². The quantitative estimate of drug-likeness (QED) is 0.409. The van der Waals surface area contributed by atoms with E-state index >= 15 is 0 Å². The van der Waals surface area contributed by atoms with Crippen LogP contribution in [0.4, 0.5) is 5.13 Å². The van der Waals surface area contributed by atoms with Gasteiger partial charge in [-0.05, 0) is 30.9 Å². The molecule has 5 rings (SSSR count). The van der Waals surface area contributed by atoms with Crippen LogP contribution >= 0.6 is 11.3 Å². The molecule has 4 nitrogen and oxygen atoms in total. The van der Waals surface area contributed by atoms with Gasteiger partial charge in [-0.15, -0.1) is 0 Å². The second-order valence-corrected chi connectivity index (χ2v) is 7.65. The average molecular weight is 372 g/mol. The van der Waals surface area contributed by atoms with E-state index in [1.165, 1.54) is 11.3 Å². The van der Waals surface area contributed by atoms with Crippen molar-refractivity contribution < 1.29 is 9.21 Å². The summed E-state index contributed by atoms with van der Waals surface area (Å²) in [6.45, 7) is 3.93. The first-order chi connectivity index (χ1) is 13.1. The van der Waals surface area contributed by atoms with Gasteiger partial charge in [0.2, 0.25) is 0 Å². The van der Waals surface area contributed by atoms with Gasteiger partial charge in [0.05, 0.1) is 10.2 Å². The molecule has 1 N–H and O–H groups in total. The van der Waals surface area contributed by atoms with Crippen LogP contribution in [0.3, 0.4) is 0 Å². The van der Waals surface area contributed by atoms with E-state index < -0.39 is 0 Å². The second-order valence-electron chi connectivity index (χ2n) is 6.61. The zero-order chi connectivity index (χ0) is 18.5. The Morgan fingerprint density at radius 3 is 2.70 bits per heavy atom. The average Bonchev–Trinajstić information content (AvgIpc) is 3.23. The minimum atomic E-state index is -0.274. The highest BCUT2D eigenvalue weighted by Crippen LogP contribution is 2.33. The zero-order valence-corrected chi connectivity index (χ0v) is 15.7. The van der Waals surface area contributed by atoms with Gasteiger partial charge in [-0.3, -0.25) is 10.1 Å². The van der Waals surface area contributed by atoms with Crippen molar-refractivity contribution in [1.82, 2.24) is 4.98 Å². The first-order valence-corrected chi connectivity index (χ1v) is 9.52. The van der Waals surface area contributed by atoms with Gasteiger partial charge in [0.15, 0.2) is 10.9 Å². The molecule has 5 aromatic rings. The van der Waals surface area contributed by atoms with Gasteiger partial charge < -0.3 is 4.42 Å². The predicted molar refractivity (Wildman–Crippen MR) is 111 cm³/mol. The largest absolute Gasteiger partial charge is 0.450 e. The van der Waals surface area contributed by atoms with Crippen LogP contribution in [0.5, 0.6) is 0 Å². The first-order valence-electron chi connectivity index (χ1n) is 8.70. The molecular formula is C22H16N2O2S. The molecule has 1 amide bonds. The molecule has 0 saturated heterocycles. The van der Waals surface area contributed by atoms with E-state index in [0.29, 0.717) is 10.9 Å². The summed E-state index contributed by atoms with van der Waals surface area (Å²) in [6.07, 6.45) is 0. The van der Waals surface area contributed by atoms with Crippen molar-refractivity contribution in [3.8, 4) is 0 Å². The van der Waals surface area contributed by atoms with Crippen molar-refractivity contribution in [2.75, 3.05) is 5.32 Å². The minimum Gasteiger partial charge on any atom is -0.450 e. The Labute approximate surface area is 159 Å². The Morgan fingerprint density at radius 1 is 1.00 bits per heavy atom. The highest BCUT2D eigenvalue weighted by Gasteiger charge is 2.20. The smallest absolute Gasteiger partial charge is 0.293 e. The number of carbonyl (C=O) groups is 1. The summed E-state index contributed by atoms with van der Waals surface area (Å²) in [5.74, 6) is 0.0572. The predicted octanol–water partition coefficient (Wildman–Crippen LogP) is 6.06. The van der Waals surface area contributed by atoms with Crippen LogP contribution in [0, 0.1) is 13.8 Å². The van der Waals surface area contributed by atoms with Gasteiger partial charge in [-0.2, -0.15) is 0 Å². The lowest BCUT2D eigenvalue weighted by molar-refractivity contribution is 0.0998. The molecule has 0 radical (unpaired) electrons. The monoisotopic (exact) mass is 372 g/mol. The molecule has 132 valence electrons. The van der Waals surface area contributed by atoms with Gasteiger partial charge in [0.1, 0.15) is 5.58 Å². The summed E-state index contributed by atoms with van der Waals surface area (Å²) in [5, 5.41) is 6.53. The Balaban J connectivity index is 1.57. The van der Waals surface area contributed by atoms with Crippen LogP contribution in [0.1, 0.15) is 21.7 Å². The van der Waals surface area contributed by atoms with Crippen LogP contribution in [0.15, 0.2) is 59.0 Å². The van der Waals surface area contributed by atoms with Crippen LogP contribution < -0.4 is 5.32 Å². The molecule has 0 fully saturated rings. The maximum Gasteiger partial charge on any atom is 0.293 e. The SMILES string of the molecule is Cc1c(C(=O)Nc2nc3c(C)cccc3s2)oc2c1ccc1ccccc12. The number of para-hydroxylation sites is 1. The summed E-state index contributed by atoms with van der Waals surface area (Å²) in [4.78, 5) is 17.4. The minimum absolute atomic E-state index is 0.274. The number of aromatic nitrogens is 1. The van der Waals surface area contributed by atoms with Crippen molar-refractivity contribution >= 4 is 54.3 Å². The number of carbonyl (C=O) groups excluding carboxylic acids is 1. The highest BCUT2D eigenvalue weighted by molar-refractivity contribution is 7.22. The van der Waals surface area contributed by atoms with Crippen LogP contribution in [0.25, 0.3) is 32.0 Å². The van der Waals surface area contributed by atoms with E-state index in [-0.39, 0.29) is 5.91 Å². The fourth-order valence-electron chi connectivity index (χ4n) is 3.46. The Hall–Kier alpha value is -3.18. The number of hydrogen-bond donors (Lipinski definition) is 1. The van der Waals surface area contributed by atoms with E-state index in [0.717, 1.165) is 43.1 Å². The number of hydrogen-bond acceptors (Lipinski definition) is 4. The number of benzene rings is 3. The van der Waals surface area contributed by atoms with E-state index in [9.17, 15) is 4.79 Å². The molecule has 2 heterocycles. The molecular weight excluding hydrogens is 356 g/mol. The molecule has 0 spiro atoms. The number of aryl methyl sites for hydroxylation is 2. The van der Waals surface area contributed by atoms with Gasteiger partial charge in [0.25, 0.3) is 5.91 Å². The number of rotatable bonds is 2. The molecule has 5 heteroatoms. The fraction of sp³-hybridized carbons (Fsp3) is 0.0909. The summed E-state index contributed by atoms with van der Waals surface area (Å²) >= 11 is 1.47. The fourth-order valence-corrected chi connectivity index (χ4v) is 4.40. The van der Waals surface area contributed by atoms with Crippen molar-refractivity contribution in [1.29, 1.82) is 0 Å². The van der Waals surface area contributed by atoms with Gasteiger partial charge >= 0.3 is 0 Å². The van der Waals surface area contributed by atoms with Crippen molar-refractivity contribution in [3.05, 3.63) is 71.5 Å². The summed E-state index contributed by atoms with van der Waals surface area (Å²) < 4.78 is 7.06. The molecule has 2 aromatic heterocycles. The maximum atomic E-state index is 12.9. The summed E-state index contributed by atoms with van der Waals surface area (Å²) in [7, 11) is 0. The lowest BCUT2D eigenvalue weighted by Crippen LogP contribution is -2.11. The van der Waals surface area contributed by atoms with Crippen molar-refractivity contribution in [3.63, 3.8) is 0 Å². The third-order valence-corrected chi connectivity index (χ3v) is 5.81. The summed E-state index contributed by atoms with van der Waals surface area (Å²) in [6, 6.07) is 18.1. The molecule has 0 unspecified atom stereocenters. The molecule has 0 aliphatic carbocycles. The van der Waals surface area contributed by atoms with Crippen molar-refractivity contribution in [2.24, 2.45) is 0 Å². The Bertz CT molecular complexity index is 1350. The lowest BCUT2D eigenvalue weighted by atomic mass is 10.1. The molecule has 27 heavy (non-hydrogen) atoms. The number of amides is 1. The number of nitrogens with one attached hydrogen (secondary N) is 1. The molecule has 0 aliphatic rings. The normalized spacial score (nSPS) is 11.5. The van der Waals surface area contributed by atoms with Gasteiger partial charge in [0, 0.05) is 16.3 Å². The molecule has 0 bridgehead atoms. The number of furan rings is 1. The highest BCUT2D eigenvalue weighted by atomic mass is 32.1. The number of thiazole rings is 1. The van der Waals surface area contributed by atoms with Crippen LogP contribution in [-0.4, -0.2) is 10.9 Å². The summed E-state index contributed by atoms with van der Waals surface area (Å²) in [5.41, 5.74) is 3.60. The Kier molecular flexibility index (Phi) is 3.52. The third-order valence-electron chi connectivity index (χ3n) is 4.88. The first kappa shape index (κ1) is 16.0. The number of nitrogens with zero attached hydrogens (tertiary/aromatic N) is 1. The van der Waals surface area contributed by atoms with E-state index in [1.807, 2.05) is 62.4 Å². The standard InChI is InChI=1S/C22H16N2O2S/c1-12-6-5-9-17-18(12)23-22(27-17)24-21(25)19-13(2)15-11-10-14-7-3-4-8-16(14)20(15)26-19/h3-11H,1-2H3,(H,23,24,25). The zero-order valence-electron chi connectivity index (χ0n) is 14.9. The lowest BCUT2D eigenvalue weighted by Gasteiger charge is -1.99. The molecule has 0 saturated carbocycles. The Morgan fingerprint density at radius 2 is 1.85 bits per heavy atom. The second kappa shape index (κ2) is 5.93. The molecule has 0 aliphatic heterocycles. The maximum absolute atomic E-state index is 12.9. The van der Waals surface area contributed by atoms with E-state index in [1.54, 1.807) is 0 Å².